The molecule has 1 aliphatic rings. The van der Waals surface area contributed by atoms with Crippen molar-refractivity contribution in [3.63, 3.8) is 0 Å². The fraction of sp³-hybridized carbons (Fsp3) is 0.471. The number of halogens is 1. The predicted molar refractivity (Wildman–Crippen MR) is 89.1 cm³/mol. The Bertz CT molecular complexity index is 542. The molecule has 0 unspecified atom stereocenters. The molecule has 0 aliphatic heterocycles. The number of benzene rings is 1. The minimum Gasteiger partial charge on any atom is -0.461 e. The highest BCUT2D eigenvalue weighted by Crippen LogP contribution is 2.59. The molecule has 0 bridgehead atoms. The molecular weight excluding hydrogens is 363 g/mol. The number of allylic oxidation sites excluding steroid dienone is 2. The second kappa shape index (κ2) is 5.88. The smallest absolute Gasteiger partial charge is 0.310 e. The van der Waals surface area contributed by atoms with Crippen molar-refractivity contribution in [1.82, 2.24) is 0 Å². The molecule has 1 aromatic rings. The van der Waals surface area contributed by atoms with Crippen LogP contribution in [0.25, 0.3) is 0 Å². The van der Waals surface area contributed by atoms with Crippen molar-refractivity contribution in [2.24, 2.45) is 17.3 Å². The first kappa shape index (κ1) is 15.5. The zero-order valence-electron chi connectivity index (χ0n) is 12.4. The third kappa shape index (κ3) is 3.25. The SMILES string of the molecule is CC(C)=C[C@@H]1[C@@H](C(=O)OCc2ccccc2I)C1(C)C. The third-order valence-electron chi connectivity index (χ3n) is 4.01. The lowest BCUT2D eigenvalue weighted by molar-refractivity contribution is -0.147. The molecule has 2 rings (SSSR count). The van der Waals surface area contributed by atoms with Gasteiger partial charge < -0.3 is 4.74 Å². The number of carbonyl (C=O) groups excluding carboxylic acids is 1. The third-order valence-corrected chi connectivity index (χ3v) is 5.06. The lowest BCUT2D eigenvalue weighted by Crippen LogP contribution is -2.11. The molecule has 0 saturated heterocycles. The van der Waals surface area contributed by atoms with E-state index in [1.165, 1.54) is 5.57 Å². The summed E-state index contributed by atoms with van der Waals surface area (Å²) < 4.78 is 6.64. The van der Waals surface area contributed by atoms with E-state index in [4.69, 9.17) is 4.74 Å². The number of esters is 1. The first-order valence-corrected chi connectivity index (χ1v) is 7.97. The van der Waals surface area contributed by atoms with E-state index < -0.39 is 0 Å². The zero-order valence-corrected chi connectivity index (χ0v) is 14.6. The van der Waals surface area contributed by atoms with Gasteiger partial charge in [0.05, 0.1) is 5.92 Å². The summed E-state index contributed by atoms with van der Waals surface area (Å²) in [5.74, 6) is 0.241. The predicted octanol–water partition coefficient (Wildman–Crippen LogP) is 4.57. The van der Waals surface area contributed by atoms with Gasteiger partial charge >= 0.3 is 5.97 Å². The van der Waals surface area contributed by atoms with Crippen molar-refractivity contribution >= 4 is 28.6 Å². The average Bonchev–Trinajstić information content (AvgIpc) is 2.88. The summed E-state index contributed by atoms with van der Waals surface area (Å²) in [6.45, 7) is 8.78. The Labute approximate surface area is 134 Å². The molecule has 2 atom stereocenters. The molecule has 0 aromatic heterocycles. The quantitative estimate of drug-likeness (QED) is 0.432. The number of hydrogen-bond donors (Lipinski definition) is 0. The molecule has 0 heterocycles. The fourth-order valence-electron chi connectivity index (χ4n) is 2.65. The van der Waals surface area contributed by atoms with E-state index in [0.29, 0.717) is 12.5 Å². The van der Waals surface area contributed by atoms with Crippen LogP contribution in [-0.4, -0.2) is 5.97 Å². The number of carbonyl (C=O) groups is 1. The van der Waals surface area contributed by atoms with Crippen LogP contribution < -0.4 is 0 Å². The standard InChI is InChI=1S/C17H21IO2/c1-11(2)9-13-15(17(13,3)4)16(19)20-10-12-7-5-6-8-14(12)18/h5-9,13,15H,10H2,1-4H3/t13-,15+/m1/s1. The molecule has 1 aliphatic carbocycles. The largest absolute Gasteiger partial charge is 0.461 e. The summed E-state index contributed by atoms with van der Waals surface area (Å²) in [4.78, 5) is 12.2. The lowest BCUT2D eigenvalue weighted by Gasteiger charge is -2.07. The maximum absolute atomic E-state index is 12.2. The van der Waals surface area contributed by atoms with Gasteiger partial charge in [0.25, 0.3) is 0 Å². The second-order valence-corrected chi connectivity index (χ2v) is 7.43. The molecule has 1 fully saturated rings. The van der Waals surface area contributed by atoms with Crippen molar-refractivity contribution in [2.45, 2.75) is 34.3 Å². The van der Waals surface area contributed by atoms with Crippen molar-refractivity contribution in [2.75, 3.05) is 0 Å². The number of rotatable bonds is 4. The summed E-state index contributed by atoms with van der Waals surface area (Å²) in [5, 5.41) is 0. The van der Waals surface area contributed by atoms with E-state index in [1.807, 2.05) is 24.3 Å². The minimum absolute atomic E-state index is 0.00114. The van der Waals surface area contributed by atoms with Crippen LogP contribution in [0.3, 0.4) is 0 Å². The van der Waals surface area contributed by atoms with Crippen molar-refractivity contribution in [3.05, 3.63) is 45.0 Å². The topological polar surface area (TPSA) is 26.3 Å². The molecule has 0 spiro atoms. The van der Waals surface area contributed by atoms with Crippen LogP contribution in [0.5, 0.6) is 0 Å². The van der Waals surface area contributed by atoms with Gasteiger partial charge in [0.15, 0.2) is 0 Å². The van der Waals surface area contributed by atoms with Crippen LogP contribution in [0.2, 0.25) is 0 Å². The zero-order chi connectivity index (χ0) is 14.9. The molecule has 0 amide bonds. The first-order valence-electron chi connectivity index (χ1n) is 6.89. The summed E-state index contributed by atoms with van der Waals surface area (Å²) in [6.07, 6.45) is 2.19. The molecule has 0 N–H and O–H groups in total. The van der Waals surface area contributed by atoms with Crippen LogP contribution in [0.15, 0.2) is 35.9 Å². The maximum Gasteiger partial charge on any atom is 0.310 e. The Morgan fingerprint density at radius 3 is 2.60 bits per heavy atom. The Hall–Kier alpha value is -0.840. The Balaban J connectivity index is 1.97. The van der Waals surface area contributed by atoms with Crippen LogP contribution in [-0.2, 0) is 16.1 Å². The van der Waals surface area contributed by atoms with Gasteiger partial charge in [0, 0.05) is 9.13 Å². The molecule has 1 aromatic carbocycles. The van der Waals surface area contributed by atoms with Crippen molar-refractivity contribution in [1.29, 1.82) is 0 Å². The van der Waals surface area contributed by atoms with E-state index in [0.717, 1.165) is 9.13 Å². The Morgan fingerprint density at radius 2 is 2.00 bits per heavy atom. The van der Waals surface area contributed by atoms with Gasteiger partial charge in [-0.25, -0.2) is 0 Å². The van der Waals surface area contributed by atoms with Crippen LogP contribution in [0, 0.1) is 20.8 Å². The highest BCUT2D eigenvalue weighted by atomic mass is 127. The highest BCUT2D eigenvalue weighted by Gasteiger charge is 2.61. The summed E-state index contributed by atoms with van der Waals surface area (Å²) >= 11 is 2.27. The molecular formula is C17H21IO2. The van der Waals surface area contributed by atoms with E-state index in [2.05, 4.69) is 56.4 Å². The van der Waals surface area contributed by atoms with Gasteiger partial charge in [0.2, 0.25) is 0 Å². The summed E-state index contributed by atoms with van der Waals surface area (Å²) in [5.41, 5.74) is 2.35. The van der Waals surface area contributed by atoms with Gasteiger partial charge in [-0.3, -0.25) is 4.79 Å². The van der Waals surface area contributed by atoms with Crippen LogP contribution >= 0.6 is 22.6 Å². The minimum atomic E-state index is -0.0721. The first-order chi connectivity index (χ1) is 9.34. The molecule has 3 heteroatoms. The monoisotopic (exact) mass is 384 g/mol. The van der Waals surface area contributed by atoms with Crippen LogP contribution in [0.1, 0.15) is 33.3 Å². The second-order valence-electron chi connectivity index (χ2n) is 6.27. The molecule has 20 heavy (non-hydrogen) atoms. The van der Waals surface area contributed by atoms with Crippen molar-refractivity contribution in [3.8, 4) is 0 Å². The van der Waals surface area contributed by atoms with Gasteiger partial charge in [-0.05, 0) is 53.8 Å². The normalized spacial score (nSPS) is 23.1. The number of ether oxygens (including phenoxy) is 1. The van der Waals surface area contributed by atoms with E-state index in [9.17, 15) is 4.79 Å². The van der Waals surface area contributed by atoms with Crippen LogP contribution in [0.4, 0.5) is 0 Å². The Kier molecular flexibility index (Phi) is 4.57. The molecule has 0 radical (unpaired) electrons. The van der Waals surface area contributed by atoms with E-state index >= 15 is 0 Å². The maximum atomic E-state index is 12.2. The highest BCUT2D eigenvalue weighted by molar-refractivity contribution is 14.1. The van der Waals surface area contributed by atoms with Gasteiger partial charge in [-0.1, -0.05) is 43.7 Å². The molecule has 2 nitrogen and oxygen atoms in total. The van der Waals surface area contributed by atoms with E-state index in [1.54, 1.807) is 0 Å². The summed E-state index contributed by atoms with van der Waals surface area (Å²) in [6, 6.07) is 7.98. The van der Waals surface area contributed by atoms with Gasteiger partial charge in [0.1, 0.15) is 6.61 Å². The Morgan fingerprint density at radius 1 is 1.35 bits per heavy atom. The van der Waals surface area contributed by atoms with E-state index in [-0.39, 0.29) is 17.3 Å². The molecule has 1 saturated carbocycles. The van der Waals surface area contributed by atoms with Crippen molar-refractivity contribution < 1.29 is 9.53 Å². The lowest BCUT2D eigenvalue weighted by atomic mass is 10.1. The van der Waals surface area contributed by atoms with Gasteiger partial charge in [-0.15, -0.1) is 0 Å². The number of hydrogen-bond acceptors (Lipinski definition) is 2. The average molecular weight is 384 g/mol. The fourth-order valence-corrected chi connectivity index (χ4v) is 3.20. The molecule has 108 valence electrons. The van der Waals surface area contributed by atoms with Gasteiger partial charge in [-0.2, -0.15) is 0 Å². The summed E-state index contributed by atoms with van der Waals surface area (Å²) in [7, 11) is 0.